The van der Waals surface area contributed by atoms with Crippen molar-refractivity contribution in [2.45, 2.75) is 11.3 Å². The van der Waals surface area contributed by atoms with E-state index in [1.54, 1.807) is 7.05 Å². The van der Waals surface area contributed by atoms with E-state index in [1.807, 2.05) is 54.2 Å². The molecule has 1 heterocycles. The van der Waals surface area contributed by atoms with Gasteiger partial charge in [0.2, 0.25) is 11.7 Å². The molecular formula is C20H23ClIN5OS. The number of benzene rings is 2. The minimum Gasteiger partial charge on any atom is -0.356 e. The van der Waals surface area contributed by atoms with Gasteiger partial charge in [0, 0.05) is 47.8 Å². The molecule has 29 heavy (non-hydrogen) atoms. The van der Waals surface area contributed by atoms with Crippen molar-refractivity contribution in [1.29, 1.82) is 0 Å². The maximum atomic E-state index is 6.01. The number of aliphatic imine (C=N–C) groups is 1. The van der Waals surface area contributed by atoms with Crippen LogP contribution in [0.2, 0.25) is 5.02 Å². The molecule has 0 unspecified atom stereocenters. The van der Waals surface area contributed by atoms with E-state index in [9.17, 15) is 0 Å². The minimum absolute atomic E-state index is 0. The largest absolute Gasteiger partial charge is 0.356 e. The third-order valence-corrected chi connectivity index (χ3v) is 5.06. The van der Waals surface area contributed by atoms with Crippen LogP contribution in [0, 0.1) is 0 Å². The number of hydrogen-bond acceptors (Lipinski definition) is 5. The number of thioether (sulfide) groups is 1. The highest BCUT2D eigenvalue weighted by molar-refractivity contribution is 14.0. The van der Waals surface area contributed by atoms with Gasteiger partial charge in [0.25, 0.3) is 0 Å². The summed E-state index contributed by atoms with van der Waals surface area (Å²) < 4.78 is 5.31. The van der Waals surface area contributed by atoms with E-state index < -0.39 is 0 Å². The minimum atomic E-state index is 0. The normalized spacial score (nSPS) is 11.0. The van der Waals surface area contributed by atoms with Gasteiger partial charge in [0.1, 0.15) is 0 Å². The zero-order valence-electron chi connectivity index (χ0n) is 16.0. The van der Waals surface area contributed by atoms with Gasteiger partial charge in [-0.05, 0) is 24.3 Å². The smallest absolute Gasteiger partial charge is 0.228 e. The molecular weight excluding hydrogens is 521 g/mol. The lowest BCUT2D eigenvalue weighted by atomic mass is 10.2. The fourth-order valence-electron chi connectivity index (χ4n) is 2.46. The van der Waals surface area contributed by atoms with Gasteiger partial charge in [-0.1, -0.05) is 47.1 Å². The molecule has 0 bridgehead atoms. The Balaban J connectivity index is 0.00000300. The highest BCUT2D eigenvalue weighted by Crippen LogP contribution is 2.20. The molecule has 0 amide bonds. The molecule has 0 atom stereocenters. The van der Waals surface area contributed by atoms with Crippen molar-refractivity contribution >= 4 is 53.3 Å². The Morgan fingerprint density at radius 2 is 1.90 bits per heavy atom. The zero-order valence-corrected chi connectivity index (χ0v) is 19.9. The molecule has 0 saturated carbocycles. The SMILES string of the molecule is CN=C(NCCSc1ccccc1)NCCc1nc(-c2cccc(Cl)c2)no1.I. The lowest BCUT2D eigenvalue weighted by molar-refractivity contribution is 0.378. The number of guanidine groups is 1. The zero-order chi connectivity index (χ0) is 19.6. The molecule has 2 aromatic carbocycles. The molecule has 2 N–H and O–H groups in total. The molecule has 0 aliphatic carbocycles. The van der Waals surface area contributed by atoms with Crippen LogP contribution in [0.5, 0.6) is 0 Å². The summed E-state index contributed by atoms with van der Waals surface area (Å²) in [6.45, 7) is 1.46. The average molecular weight is 544 g/mol. The van der Waals surface area contributed by atoms with Gasteiger partial charge in [-0.15, -0.1) is 35.7 Å². The van der Waals surface area contributed by atoms with E-state index in [4.69, 9.17) is 16.1 Å². The molecule has 3 rings (SSSR count). The second-order valence-corrected chi connectivity index (χ2v) is 7.46. The first-order chi connectivity index (χ1) is 13.7. The summed E-state index contributed by atoms with van der Waals surface area (Å²) in [6, 6.07) is 17.7. The Hall–Kier alpha value is -1.78. The van der Waals surface area contributed by atoms with Crippen LogP contribution in [-0.2, 0) is 6.42 Å². The number of halogens is 2. The lowest BCUT2D eigenvalue weighted by Crippen LogP contribution is -2.39. The van der Waals surface area contributed by atoms with Gasteiger partial charge in [0.15, 0.2) is 5.96 Å². The second kappa shape index (κ2) is 12.7. The summed E-state index contributed by atoms with van der Waals surface area (Å²) in [5.41, 5.74) is 0.837. The van der Waals surface area contributed by atoms with Crippen molar-refractivity contribution in [2.24, 2.45) is 4.99 Å². The predicted molar refractivity (Wildman–Crippen MR) is 130 cm³/mol. The van der Waals surface area contributed by atoms with Gasteiger partial charge in [-0.3, -0.25) is 4.99 Å². The number of aromatic nitrogens is 2. The van der Waals surface area contributed by atoms with Crippen LogP contribution in [0.1, 0.15) is 5.89 Å². The van der Waals surface area contributed by atoms with Crippen LogP contribution < -0.4 is 10.6 Å². The van der Waals surface area contributed by atoms with Crippen LogP contribution in [0.15, 0.2) is 69.0 Å². The highest BCUT2D eigenvalue weighted by Gasteiger charge is 2.09. The monoisotopic (exact) mass is 543 g/mol. The summed E-state index contributed by atoms with van der Waals surface area (Å²) in [4.78, 5) is 9.91. The highest BCUT2D eigenvalue weighted by atomic mass is 127. The first kappa shape index (κ1) is 23.5. The molecule has 0 aliphatic rings. The Kier molecular flexibility index (Phi) is 10.3. The molecule has 3 aromatic rings. The first-order valence-electron chi connectivity index (χ1n) is 8.95. The van der Waals surface area contributed by atoms with Crippen molar-refractivity contribution in [1.82, 2.24) is 20.8 Å². The van der Waals surface area contributed by atoms with Crippen LogP contribution in [0.3, 0.4) is 0 Å². The number of hydrogen-bond donors (Lipinski definition) is 2. The molecule has 6 nitrogen and oxygen atoms in total. The van der Waals surface area contributed by atoms with E-state index in [0.717, 1.165) is 23.8 Å². The fraction of sp³-hybridized carbons (Fsp3) is 0.250. The molecule has 0 fully saturated rings. The topological polar surface area (TPSA) is 75.3 Å². The van der Waals surface area contributed by atoms with Crippen molar-refractivity contribution in [3.63, 3.8) is 0 Å². The van der Waals surface area contributed by atoms with E-state index in [1.165, 1.54) is 4.90 Å². The van der Waals surface area contributed by atoms with E-state index >= 15 is 0 Å². The van der Waals surface area contributed by atoms with Crippen molar-refractivity contribution in [3.05, 3.63) is 65.5 Å². The predicted octanol–water partition coefficient (Wildman–Crippen LogP) is 4.51. The molecule has 0 saturated heterocycles. The maximum absolute atomic E-state index is 6.01. The number of rotatable bonds is 8. The van der Waals surface area contributed by atoms with Crippen molar-refractivity contribution in [3.8, 4) is 11.4 Å². The summed E-state index contributed by atoms with van der Waals surface area (Å²) in [5, 5.41) is 11.2. The third kappa shape index (κ3) is 7.87. The first-order valence-corrected chi connectivity index (χ1v) is 10.3. The summed E-state index contributed by atoms with van der Waals surface area (Å²) >= 11 is 7.81. The Labute approximate surface area is 196 Å². The van der Waals surface area contributed by atoms with Crippen LogP contribution in [0.25, 0.3) is 11.4 Å². The standard InChI is InChI=1S/C20H22ClN5OS.HI/c1-22-20(24-12-13-28-17-8-3-2-4-9-17)23-11-10-18-25-19(26-27-18)15-6-5-7-16(21)14-15;/h2-9,14H,10-13H2,1H3,(H2,22,23,24);1H. The molecule has 154 valence electrons. The van der Waals surface area contributed by atoms with Crippen LogP contribution in [-0.4, -0.2) is 42.0 Å². The molecule has 9 heteroatoms. The fourth-order valence-corrected chi connectivity index (χ4v) is 3.44. The lowest BCUT2D eigenvalue weighted by Gasteiger charge is -2.10. The van der Waals surface area contributed by atoms with E-state index in [2.05, 4.69) is 37.9 Å². The van der Waals surface area contributed by atoms with Gasteiger partial charge >= 0.3 is 0 Å². The Morgan fingerprint density at radius 3 is 2.66 bits per heavy atom. The van der Waals surface area contributed by atoms with Crippen LogP contribution >= 0.6 is 47.3 Å². The van der Waals surface area contributed by atoms with Gasteiger partial charge in [-0.2, -0.15) is 4.98 Å². The van der Waals surface area contributed by atoms with Crippen LogP contribution in [0.4, 0.5) is 0 Å². The summed E-state index contributed by atoms with van der Waals surface area (Å²) in [5.74, 6) is 2.82. The van der Waals surface area contributed by atoms with Gasteiger partial charge in [0.05, 0.1) is 0 Å². The quantitative estimate of drug-likeness (QED) is 0.143. The van der Waals surface area contributed by atoms with Gasteiger partial charge in [-0.25, -0.2) is 0 Å². The summed E-state index contributed by atoms with van der Waals surface area (Å²) in [6.07, 6.45) is 0.604. The average Bonchev–Trinajstić information content (AvgIpc) is 3.19. The second-order valence-electron chi connectivity index (χ2n) is 5.86. The number of nitrogens with one attached hydrogen (secondary N) is 2. The summed E-state index contributed by atoms with van der Waals surface area (Å²) in [7, 11) is 1.75. The van der Waals surface area contributed by atoms with Gasteiger partial charge < -0.3 is 15.2 Å². The molecule has 0 spiro atoms. The maximum Gasteiger partial charge on any atom is 0.228 e. The molecule has 0 radical (unpaired) electrons. The molecule has 1 aromatic heterocycles. The third-order valence-electron chi connectivity index (χ3n) is 3.81. The molecule has 0 aliphatic heterocycles. The van der Waals surface area contributed by atoms with Crippen molar-refractivity contribution in [2.75, 3.05) is 25.9 Å². The Bertz CT molecular complexity index is 907. The van der Waals surface area contributed by atoms with E-state index in [0.29, 0.717) is 29.7 Å². The number of nitrogens with zero attached hydrogens (tertiary/aromatic N) is 3. The Morgan fingerprint density at radius 1 is 1.10 bits per heavy atom. The van der Waals surface area contributed by atoms with Crippen molar-refractivity contribution < 1.29 is 4.52 Å². The van der Waals surface area contributed by atoms with E-state index in [-0.39, 0.29) is 24.0 Å².